The van der Waals surface area contributed by atoms with Crippen molar-refractivity contribution in [2.75, 3.05) is 13.1 Å². The minimum absolute atomic E-state index is 0.186. The second kappa shape index (κ2) is 6.27. The number of ether oxygens (including phenoxy) is 1. The lowest BCUT2D eigenvalue weighted by Gasteiger charge is -2.42. The topological polar surface area (TPSA) is 104 Å². The summed E-state index contributed by atoms with van der Waals surface area (Å²) in [6, 6.07) is 1.90. The third-order valence-electron chi connectivity index (χ3n) is 4.89. The summed E-state index contributed by atoms with van der Waals surface area (Å²) in [5.74, 6) is -0.186. The van der Waals surface area contributed by atoms with Crippen LogP contribution in [0.3, 0.4) is 0 Å². The molecule has 0 saturated carbocycles. The smallest absolute Gasteiger partial charge is 0.430 e. The van der Waals surface area contributed by atoms with Gasteiger partial charge in [-0.3, -0.25) is 10.1 Å². The van der Waals surface area contributed by atoms with Crippen LogP contribution in [0.15, 0.2) is 43.2 Å². The van der Waals surface area contributed by atoms with Gasteiger partial charge in [-0.25, -0.2) is 9.97 Å². The molecule has 0 atom stereocenters. The van der Waals surface area contributed by atoms with Crippen LogP contribution < -0.4 is 10.1 Å². The van der Waals surface area contributed by atoms with Gasteiger partial charge < -0.3 is 15.0 Å². The molecule has 3 N–H and O–H groups in total. The number of halogens is 3. The zero-order valence-electron chi connectivity index (χ0n) is 14.8. The minimum Gasteiger partial charge on any atom is -0.457 e. The van der Waals surface area contributed by atoms with Gasteiger partial charge >= 0.3 is 6.18 Å². The molecule has 8 nitrogen and oxygen atoms in total. The van der Waals surface area contributed by atoms with E-state index in [9.17, 15) is 13.2 Å². The standard InChI is InChI=1S/C18H14F3N7O/c19-18(20,21)17(8-23-9-17)29-15-7-22-6-14(28-15)13-5-25-16-12(13)1-10(2-24-16)11-3-26-27-4-11/h1-7,23H,8-9H2,(H,24,25)(H,26,27). The van der Waals surface area contributed by atoms with E-state index in [-0.39, 0.29) is 19.0 Å². The summed E-state index contributed by atoms with van der Waals surface area (Å²) in [6.45, 7) is -0.652. The average molecular weight is 401 g/mol. The van der Waals surface area contributed by atoms with Crippen molar-refractivity contribution in [3.63, 3.8) is 0 Å². The highest BCUT2D eigenvalue weighted by Crippen LogP contribution is 2.37. The lowest BCUT2D eigenvalue weighted by atomic mass is 9.96. The summed E-state index contributed by atoms with van der Waals surface area (Å²) in [5, 5.41) is 10.0. The molecule has 0 spiro atoms. The maximum atomic E-state index is 13.4. The number of nitrogens with zero attached hydrogens (tertiary/aromatic N) is 4. The fraction of sp³-hybridized carbons (Fsp3) is 0.222. The molecule has 11 heteroatoms. The van der Waals surface area contributed by atoms with Crippen LogP contribution in [-0.2, 0) is 0 Å². The molecule has 4 aromatic rings. The maximum Gasteiger partial charge on any atom is 0.430 e. The van der Waals surface area contributed by atoms with Crippen LogP contribution in [-0.4, -0.2) is 55.0 Å². The Bertz CT molecular complexity index is 1170. The Labute approximate surface area is 161 Å². The lowest BCUT2D eigenvalue weighted by Crippen LogP contribution is -2.71. The number of pyridine rings is 1. The van der Waals surface area contributed by atoms with Gasteiger partial charge in [0.1, 0.15) is 5.65 Å². The van der Waals surface area contributed by atoms with E-state index in [1.807, 2.05) is 6.07 Å². The molecule has 0 aromatic carbocycles. The number of aromatic amines is 2. The summed E-state index contributed by atoms with van der Waals surface area (Å²) in [6.07, 6.45) is 4.95. The molecule has 1 saturated heterocycles. The second-order valence-electron chi connectivity index (χ2n) is 6.75. The first-order valence-corrected chi connectivity index (χ1v) is 8.70. The monoisotopic (exact) mass is 401 g/mol. The first-order valence-electron chi connectivity index (χ1n) is 8.70. The SMILES string of the molecule is FC(F)(F)C1(Oc2cncc(-c3c[nH]c4ncc(-c5cn[nH]c5)cc34)n2)CNC1. The van der Waals surface area contributed by atoms with E-state index in [2.05, 4.69) is 35.5 Å². The fourth-order valence-electron chi connectivity index (χ4n) is 3.19. The minimum atomic E-state index is -4.51. The number of rotatable bonds is 4. The normalized spacial score (nSPS) is 16.0. The van der Waals surface area contributed by atoms with Gasteiger partial charge in [0.05, 0.1) is 24.3 Å². The Kier molecular flexibility index (Phi) is 3.81. The van der Waals surface area contributed by atoms with Crippen LogP contribution >= 0.6 is 0 Å². The Morgan fingerprint density at radius 3 is 2.59 bits per heavy atom. The van der Waals surface area contributed by atoms with E-state index >= 15 is 0 Å². The van der Waals surface area contributed by atoms with Crippen molar-refractivity contribution in [3.05, 3.63) is 43.2 Å². The van der Waals surface area contributed by atoms with Gasteiger partial charge in [0.25, 0.3) is 0 Å². The Morgan fingerprint density at radius 1 is 1.03 bits per heavy atom. The van der Waals surface area contributed by atoms with E-state index in [4.69, 9.17) is 4.74 Å². The largest absolute Gasteiger partial charge is 0.457 e. The zero-order valence-corrected chi connectivity index (χ0v) is 14.8. The molecule has 29 heavy (non-hydrogen) atoms. The summed E-state index contributed by atoms with van der Waals surface area (Å²) >= 11 is 0. The van der Waals surface area contributed by atoms with Crippen LogP contribution in [0.5, 0.6) is 5.88 Å². The van der Waals surface area contributed by atoms with Crippen LogP contribution in [0.2, 0.25) is 0 Å². The van der Waals surface area contributed by atoms with Crippen molar-refractivity contribution in [3.8, 4) is 28.3 Å². The predicted molar refractivity (Wildman–Crippen MR) is 97.0 cm³/mol. The van der Waals surface area contributed by atoms with Crippen molar-refractivity contribution in [2.45, 2.75) is 11.8 Å². The van der Waals surface area contributed by atoms with Crippen LogP contribution in [0.25, 0.3) is 33.4 Å². The van der Waals surface area contributed by atoms with Gasteiger partial charge in [-0.1, -0.05) is 0 Å². The summed E-state index contributed by atoms with van der Waals surface area (Å²) in [4.78, 5) is 15.7. The molecule has 0 amide bonds. The summed E-state index contributed by atoms with van der Waals surface area (Å²) in [5.41, 5.74) is 1.07. The van der Waals surface area contributed by atoms with Crippen molar-refractivity contribution < 1.29 is 17.9 Å². The van der Waals surface area contributed by atoms with Crippen molar-refractivity contribution >= 4 is 11.0 Å². The number of nitrogens with one attached hydrogen (secondary N) is 3. The zero-order chi connectivity index (χ0) is 20.1. The first kappa shape index (κ1) is 17.6. The number of hydrogen-bond donors (Lipinski definition) is 3. The number of H-pyrrole nitrogens is 2. The molecular formula is C18H14F3N7O. The molecule has 4 aromatic heterocycles. The maximum absolute atomic E-state index is 13.4. The molecule has 1 fully saturated rings. The summed E-state index contributed by atoms with van der Waals surface area (Å²) in [7, 11) is 0. The third kappa shape index (κ3) is 2.90. The molecule has 0 bridgehead atoms. The number of hydrogen-bond acceptors (Lipinski definition) is 6. The Hall–Kier alpha value is -3.47. The van der Waals surface area contributed by atoms with E-state index < -0.39 is 11.8 Å². The van der Waals surface area contributed by atoms with Crippen molar-refractivity contribution in [1.29, 1.82) is 0 Å². The summed E-state index contributed by atoms with van der Waals surface area (Å²) < 4.78 is 45.3. The van der Waals surface area contributed by atoms with E-state index in [1.165, 1.54) is 12.4 Å². The second-order valence-corrected chi connectivity index (χ2v) is 6.75. The molecule has 0 unspecified atom stereocenters. The molecule has 148 valence electrons. The van der Waals surface area contributed by atoms with Gasteiger partial charge in [0.15, 0.2) is 0 Å². The molecule has 0 aliphatic carbocycles. The highest BCUT2D eigenvalue weighted by atomic mass is 19.4. The molecule has 5 heterocycles. The highest BCUT2D eigenvalue weighted by Gasteiger charge is 2.61. The lowest BCUT2D eigenvalue weighted by molar-refractivity contribution is -0.264. The fourth-order valence-corrected chi connectivity index (χ4v) is 3.19. The molecule has 5 rings (SSSR count). The quantitative estimate of drug-likeness (QED) is 0.486. The molecule has 0 radical (unpaired) electrons. The van der Waals surface area contributed by atoms with Crippen molar-refractivity contribution in [1.82, 2.24) is 35.5 Å². The predicted octanol–water partition coefficient (Wildman–Crippen LogP) is 2.69. The number of fused-ring (bicyclic) bond motifs is 1. The number of alkyl halides is 3. The average Bonchev–Trinajstić information content (AvgIpc) is 3.33. The number of aromatic nitrogens is 6. The van der Waals surface area contributed by atoms with E-state index in [0.717, 1.165) is 16.5 Å². The van der Waals surface area contributed by atoms with Gasteiger partial charge in [-0.15, -0.1) is 0 Å². The molecule has 1 aliphatic heterocycles. The van der Waals surface area contributed by atoms with Gasteiger partial charge in [0.2, 0.25) is 11.5 Å². The van der Waals surface area contributed by atoms with Gasteiger partial charge in [-0.05, 0) is 6.07 Å². The Morgan fingerprint density at radius 2 is 1.90 bits per heavy atom. The van der Waals surface area contributed by atoms with Gasteiger partial charge in [0, 0.05) is 53.8 Å². The molecule has 1 aliphatic rings. The van der Waals surface area contributed by atoms with Crippen molar-refractivity contribution in [2.24, 2.45) is 0 Å². The Balaban J connectivity index is 1.52. The van der Waals surface area contributed by atoms with Gasteiger partial charge in [-0.2, -0.15) is 18.3 Å². The van der Waals surface area contributed by atoms with Crippen LogP contribution in [0.4, 0.5) is 13.2 Å². The van der Waals surface area contributed by atoms with E-state index in [1.54, 1.807) is 24.8 Å². The van der Waals surface area contributed by atoms with E-state index in [0.29, 0.717) is 16.9 Å². The first-order chi connectivity index (χ1) is 14.0. The highest BCUT2D eigenvalue weighted by molar-refractivity contribution is 5.94. The van der Waals surface area contributed by atoms with Crippen LogP contribution in [0.1, 0.15) is 0 Å². The third-order valence-corrected chi connectivity index (χ3v) is 4.89. The van der Waals surface area contributed by atoms with Crippen LogP contribution in [0, 0.1) is 0 Å². The molecular weight excluding hydrogens is 387 g/mol.